The third-order valence-electron chi connectivity index (χ3n) is 3.68. The van der Waals surface area contributed by atoms with Crippen molar-refractivity contribution < 1.29 is 0 Å². The lowest BCUT2D eigenvalue weighted by molar-refractivity contribution is 0.566. The van der Waals surface area contributed by atoms with Crippen LogP contribution < -0.4 is 10.6 Å². The molecular formula is C12H15BrN2. The van der Waals surface area contributed by atoms with Crippen LogP contribution in [0.4, 0.5) is 5.69 Å². The van der Waals surface area contributed by atoms with Gasteiger partial charge in [-0.2, -0.15) is 0 Å². The molecule has 2 aliphatic heterocycles. The van der Waals surface area contributed by atoms with Gasteiger partial charge in [0.25, 0.3) is 0 Å². The summed E-state index contributed by atoms with van der Waals surface area (Å²) in [6.45, 7) is 1.97. The van der Waals surface area contributed by atoms with Crippen molar-refractivity contribution in [3.05, 3.63) is 28.2 Å². The van der Waals surface area contributed by atoms with Crippen molar-refractivity contribution in [3.8, 4) is 0 Å². The van der Waals surface area contributed by atoms with Crippen molar-refractivity contribution in [2.75, 3.05) is 18.0 Å². The van der Waals surface area contributed by atoms with E-state index in [-0.39, 0.29) is 0 Å². The van der Waals surface area contributed by atoms with Gasteiger partial charge in [-0.3, -0.25) is 0 Å². The van der Waals surface area contributed by atoms with Crippen LogP contribution in [0.25, 0.3) is 0 Å². The molecule has 3 heteroatoms. The molecule has 15 heavy (non-hydrogen) atoms. The molecule has 1 aromatic rings. The Morgan fingerprint density at radius 3 is 3.13 bits per heavy atom. The van der Waals surface area contributed by atoms with E-state index in [4.69, 9.17) is 5.73 Å². The summed E-state index contributed by atoms with van der Waals surface area (Å²) in [5, 5.41) is 0. The molecule has 2 unspecified atom stereocenters. The lowest BCUT2D eigenvalue weighted by Gasteiger charge is -2.18. The summed E-state index contributed by atoms with van der Waals surface area (Å²) in [4.78, 5) is 2.54. The molecule has 0 saturated carbocycles. The van der Waals surface area contributed by atoms with E-state index < -0.39 is 0 Å². The molecule has 1 saturated heterocycles. The smallest absolute Gasteiger partial charge is 0.0413 e. The maximum absolute atomic E-state index is 5.75. The maximum Gasteiger partial charge on any atom is 0.0413 e. The number of hydrogen-bond acceptors (Lipinski definition) is 2. The van der Waals surface area contributed by atoms with E-state index in [1.54, 1.807) is 0 Å². The van der Waals surface area contributed by atoms with Gasteiger partial charge in [0, 0.05) is 22.7 Å². The van der Waals surface area contributed by atoms with Gasteiger partial charge in [0.2, 0.25) is 0 Å². The van der Waals surface area contributed by atoms with Gasteiger partial charge in [0.05, 0.1) is 0 Å². The molecule has 0 radical (unpaired) electrons. The number of anilines is 1. The zero-order valence-electron chi connectivity index (χ0n) is 8.62. The highest BCUT2D eigenvalue weighted by Crippen LogP contribution is 2.42. The van der Waals surface area contributed by atoms with Crippen LogP contribution in [0, 0.1) is 5.92 Å². The zero-order chi connectivity index (χ0) is 10.4. The van der Waals surface area contributed by atoms with Gasteiger partial charge < -0.3 is 10.6 Å². The van der Waals surface area contributed by atoms with Crippen molar-refractivity contribution in [1.29, 1.82) is 0 Å². The van der Waals surface area contributed by atoms with Crippen molar-refractivity contribution in [3.63, 3.8) is 0 Å². The number of benzene rings is 1. The summed E-state index contributed by atoms with van der Waals surface area (Å²) in [6.07, 6.45) is 2.45. The Balaban J connectivity index is 1.96. The number of hydrogen-bond donors (Lipinski definition) is 1. The normalized spacial score (nSPS) is 28.0. The first-order valence-electron chi connectivity index (χ1n) is 5.53. The van der Waals surface area contributed by atoms with Gasteiger partial charge in [0.1, 0.15) is 0 Å². The van der Waals surface area contributed by atoms with Gasteiger partial charge in [-0.1, -0.05) is 22.0 Å². The molecule has 1 fully saturated rings. The lowest BCUT2D eigenvalue weighted by Crippen LogP contribution is -2.25. The summed E-state index contributed by atoms with van der Waals surface area (Å²) in [5.41, 5.74) is 8.66. The first-order chi connectivity index (χ1) is 7.29. The number of rotatable bonds is 1. The van der Waals surface area contributed by atoms with Crippen LogP contribution in [0.1, 0.15) is 12.0 Å². The molecular weight excluding hydrogens is 252 g/mol. The Morgan fingerprint density at radius 2 is 2.33 bits per heavy atom. The van der Waals surface area contributed by atoms with E-state index in [1.165, 1.54) is 28.6 Å². The van der Waals surface area contributed by atoms with Crippen molar-refractivity contribution in [1.82, 2.24) is 0 Å². The topological polar surface area (TPSA) is 29.3 Å². The highest BCUT2D eigenvalue weighted by Gasteiger charge is 2.37. The number of fused-ring (bicyclic) bond motifs is 3. The fourth-order valence-corrected chi connectivity index (χ4v) is 3.44. The Bertz CT molecular complexity index is 391. The fourth-order valence-electron chi connectivity index (χ4n) is 2.93. The van der Waals surface area contributed by atoms with Crippen LogP contribution in [0.3, 0.4) is 0 Å². The van der Waals surface area contributed by atoms with Gasteiger partial charge in [0.15, 0.2) is 0 Å². The van der Waals surface area contributed by atoms with E-state index in [0.29, 0.717) is 12.0 Å². The predicted molar refractivity (Wildman–Crippen MR) is 66.1 cm³/mol. The molecule has 0 aliphatic carbocycles. The Hall–Kier alpha value is -0.540. The first-order valence-corrected chi connectivity index (χ1v) is 6.33. The number of nitrogens with zero attached hydrogens (tertiary/aromatic N) is 1. The van der Waals surface area contributed by atoms with E-state index in [1.807, 2.05) is 0 Å². The van der Waals surface area contributed by atoms with Gasteiger partial charge in [-0.05, 0) is 43.0 Å². The SMILES string of the molecule is NCC1CC2Cc3c(Br)cccc3N2C1. The Kier molecular flexibility index (Phi) is 2.25. The zero-order valence-corrected chi connectivity index (χ0v) is 10.2. The summed E-state index contributed by atoms with van der Waals surface area (Å²) in [6, 6.07) is 7.20. The van der Waals surface area contributed by atoms with Crippen molar-refractivity contribution in [2.45, 2.75) is 18.9 Å². The largest absolute Gasteiger partial charge is 0.368 e. The van der Waals surface area contributed by atoms with Crippen LogP contribution in [0.5, 0.6) is 0 Å². The van der Waals surface area contributed by atoms with Crippen molar-refractivity contribution >= 4 is 21.6 Å². The van der Waals surface area contributed by atoms with Crippen LogP contribution in [-0.2, 0) is 6.42 Å². The summed E-state index contributed by atoms with van der Waals surface area (Å²) in [5.74, 6) is 0.696. The molecule has 2 N–H and O–H groups in total. The highest BCUT2D eigenvalue weighted by atomic mass is 79.9. The second kappa shape index (κ2) is 3.49. The summed E-state index contributed by atoms with van der Waals surface area (Å²) >= 11 is 3.64. The predicted octanol–water partition coefficient (Wildman–Crippen LogP) is 2.16. The van der Waals surface area contributed by atoms with Gasteiger partial charge >= 0.3 is 0 Å². The van der Waals surface area contributed by atoms with Crippen LogP contribution in [0.2, 0.25) is 0 Å². The second-order valence-corrected chi connectivity index (χ2v) is 5.44. The minimum absolute atomic E-state index is 0.696. The molecule has 0 spiro atoms. The van der Waals surface area contributed by atoms with E-state index in [2.05, 4.69) is 39.0 Å². The number of nitrogens with two attached hydrogens (primary N) is 1. The van der Waals surface area contributed by atoms with E-state index in [9.17, 15) is 0 Å². The molecule has 0 amide bonds. The Morgan fingerprint density at radius 1 is 1.47 bits per heavy atom. The standard InChI is InChI=1S/C12H15BrN2/c13-11-2-1-3-12-10(11)5-9-4-8(6-14)7-15(9)12/h1-3,8-9H,4-7,14H2. The molecule has 2 atom stereocenters. The second-order valence-electron chi connectivity index (χ2n) is 4.59. The first kappa shape index (κ1) is 9.67. The van der Waals surface area contributed by atoms with E-state index >= 15 is 0 Å². The van der Waals surface area contributed by atoms with Crippen LogP contribution >= 0.6 is 15.9 Å². The quantitative estimate of drug-likeness (QED) is 0.844. The molecule has 1 aromatic carbocycles. The molecule has 2 aliphatic rings. The third-order valence-corrected chi connectivity index (χ3v) is 4.42. The van der Waals surface area contributed by atoms with Crippen LogP contribution in [-0.4, -0.2) is 19.1 Å². The third kappa shape index (κ3) is 1.41. The minimum Gasteiger partial charge on any atom is -0.368 e. The average Bonchev–Trinajstić information content (AvgIpc) is 2.76. The molecule has 0 aromatic heterocycles. The summed E-state index contributed by atoms with van der Waals surface area (Å²) in [7, 11) is 0. The average molecular weight is 267 g/mol. The summed E-state index contributed by atoms with van der Waals surface area (Å²) < 4.78 is 1.26. The van der Waals surface area contributed by atoms with E-state index in [0.717, 1.165) is 13.1 Å². The Labute approximate surface area is 98.6 Å². The molecule has 3 rings (SSSR count). The maximum atomic E-state index is 5.75. The lowest BCUT2D eigenvalue weighted by atomic mass is 10.0. The molecule has 80 valence electrons. The monoisotopic (exact) mass is 266 g/mol. The van der Waals surface area contributed by atoms with Gasteiger partial charge in [-0.15, -0.1) is 0 Å². The minimum atomic E-state index is 0.696. The van der Waals surface area contributed by atoms with Crippen LogP contribution in [0.15, 0.2) is 22.7 Å². The number of halogens is 1. The van der Waals surface area contributed by atoms with Crippen molar-refractivity contribution in [2.24, 2.45) is 11.7 Å². The fraction of sp³-hybridized carbons (Fsp3) is 0.500. The highest BCUT2D eigenvalue weighted by molar-refractivity contribution is 9.10. The molecule has 0 bridgehead atoms. The molecule has 2 heterocycles. The molecule has 2 nitrogen and oxygen atoms in total. The van der Waals surface area contributed by atoms with Gasteiger partial charge in [-0.25, -0.2) is 0 Å².